The molecule has 5 heteroatoms. The van der Waals surface area contributed by atoms with Gasteiger partial charge in [-0.3, -0.25) is 9.59 Å². The summed E-state index contributed by atoms with van der Waals surface area (Å²) in [5.74, 6) is 0.312. The molecular weight excluding hydrogens is 424 g/mol. The van der Waals surface area contributed by atoms with E-state index >= 15 is 0 Å². The van der Waals surface area contributed by atoms with Crippen molar-refractivity contribution < 1.29 is 14.4 Å². The SMILES string of the molecule is C=C(C)C=Cc1c(C)ncnc1C1(C)CCCC(C(=O)CC2CC(=O)CC(C=O)C2)C2(CC2)C1. The molecule has 3 aliphatic carbocycles. The molecule has 0 bridgehead atoms. The van der Waals surface area contributed by atoms with Gasteiger partial charge < -0.3 is 4.79 Å². The first kappa shape index (κ1) is 24.7. The van der Waals surface area contributed by atoms with Crippen LogP contribution in [0.3, 0.4) is 0 Å². The van der Waals surface area contributed by atoms with E-state index in [0.29, 0.717) is 31.5 Å². The van der Waals surface area contributed by atoms with Crippen molar-refractivity contribution in [3.05, 3.63) is 41.5 Å². The summed E-state index contributed by atoms with van der Waals surface area (Å²) in [5, 5.41) is 0. The van der Waals surface area contributed by atoms with Crippen LogP contribution in [0.15, 0.2) is 24.6 Å². The Hall–Kier alpha value is -2.43. The third-order valence-electron chi connectivity index (χ3n) is 8.50. The number of hydrogen-bond donors (Lipinski definition) is 0. The highest BCUT2D eigenvalue weighted by Gasteiger charge is 2.56. The molecule has 0 saturated heterocycles. The van der Waals surface area contributed by atoms with Crippen molar-refractivity contribution in [1.29, 1.82) is 0 Å². The second-order valence-corrected chi connectivity index (χ2v) is 11.6. The first-order chi connectivity index (χ1) is 16.2. The summed E-state index contributed by atoms with van der Waals surface area (Å²) in [5.41, 5.74) is 4.05. The van der Waals surface area contributed by atoms with Gasteiger partial charge in [0.05, 0.1) is 5.69 Å². The largest absolute Gasteiger partial charge is 0.303 e. The third kappa shape index (κ3) is 5.13. The van der Waals surface area contributed by atoms with E-state index in [0.717, 1.165) is 67.3 Å². The number of rotatable bonds is 7. The fourth-order valence-corrected chi connectivity index (χ4v) is 6.75. The Kier molecular flexibility index (Phi) is 7.02. The van der Waals surface area contributed by atoms with Gasteiger partial charge in [0.25, 0.3) is 0 Å². The number of ketones is 2. The molecule has 3 aliphatic rings. The van der Waals surface area contributed by atoms with Crippen molar-refractivity contribution in [2.75, 3.05) is 0 Å². The van der Waals surface area contributed by atoms with Crippen LogP contribution in [-0.2, 0) is 19.8 Å². The van der Waals surface area contributed by atoms with Crippen molar-refractivity contribution in [3.8, 4) is 0 Å². The zero-order valence-electron chi connectivity index (χ0n) is 20.9. The highest BCUT2D eigenvalue weighted by molar-refractivity contribution is 5.86. The van der Waals surface area contributed by atoms with Crippen molar-refractivity contribution in [2.45, 2.75) is 90.4 Å². The topological polar surface area (TPSA) is 77.0 Å². The number of carbonyl (C=O) groups is 3. The zero-order chi connectivity index (χ0) is 24.5. The summed E-state index contributed by atoms with van der Waals surface area (Å²) in [7, 11) is 0. The Morgan fingerprint density at radius 1 is 1.24 bits per heavy atom. The van der Waals surface area contributed by atoms with Crippen LogP contribution >= 0.6 is 0 Å². The van der Waals surface area contributed by atoms with Gasteiger partial charge in [0.2, 0.25) is 0 Å². The van der Waals surface area contributed by atoms with E-state index in [1.165, 1.54) is 0 Å². The summed E-state index contributed by atoms with van der Waals surface area (Å²) >= 11 is 0. The number of aldehydes is 1. The molecule has 4 rings (SSSR count). The fourth-order valence-electron chi connectivity index (χ4n) is 6.75. The smallest absolute Gasteiger partial charge is 0.136 e. The quantitative estimate of drug-likeness (QED) is 0.381. The average Bonchev–Trinajstić information content (AvgIpc) is 3.56. The van der Waals surface area contributed by atoms with E-state index in [1.807, 2.05) is 19.9 Å². The Bertz CT molecular complexity index is 1020. The molecule has 0 N–H and O–H groups in total. The van der Waals surface area contributed by atoms with E-state index in [2.05, 4.69) is 24.6 Å². The molecule has 34 heavy (non-hydrogen) atoms. The van der Waals surface area contributed by atoms with Gasteiger partial charge in [-0.05, 0) is 63.7 Å². The van der Waals surface area contributed by atoms with Gasteiger partial charge in [0.1, 0.15) is 24.2 Å². The van der Waals surface area contributed by atoms with Crippen LogP contribution in [0.2, 0.25) is 0 Å². The Morgan fingerprint density at radius 3 is 2.68 bits per heavy atom. The minimum Gasteiger partial charge on any atom is -0.303 e. The van der Waals surface area contributed by atoms with Gasteiger partial charge in [0.15, 0.2) is 0 Å². The molecule has 0 radical (unpaired) electrons. The second kappa shape index (κ2) is 9.67. The highest BCUT2D eigenvalue weighted by Crippen LogP contribution is 2.63. The Labute approximate surface area is 203 Å². The lowest BCUT2D eigenvalue weighted by Gasteiger charge is -2.34. The van der Waals surface area contributed by atoms with Gasteiger partial charge in [-0.25, -0.2) is 9.97 Å². The Balaban J connectivity index is 1.56. The standard InChI is InChI=1S/C29H38N2O3/c1-19(2)7-8-24-20(3)30-18-31-27(24)28(4)9-5-6-25(29(17-28)10-11-29)26(34)15-21-12-22(16-32)14-23(33)13-21/h7-8,16,18,21-22,25H,1,5-6,9-15,17H2,2-4H3. The monoisotopic (exact) mass is 462 g/mol. The lowest BCUT2D eigenvalue weighted by atomic mass is 9.70. The first-order valence-corrected chi connectivity index (χ1v) is 12.8. The molecule has 0 aromatic carbocycles. The molecule has 0 amide bonds. The van der Waals surface area contributed by atoms with Crippen LogP contribution in [0.1, 0.15) is 95.0 Å². The fraction of sp³-hybridized carbons (Fsp3) is 0.621. The number of nitrogens with zero attached hydrogens (tertiary/aromatic N) is 2. The third-order valence-corrected chi connectivity index (χ3v) is 8.50. The molecule has 1 aromatic rings. The van der Waals surface area contributed by atoms with Crippen molar-refractivity contribution in [1.82, 2.24) is 9.97 Å². The predicted molar refractivity (Wildman–Crippen MR) is 133 cm³/mol. The van der Waals surface area contributed by atoms with Crippen molar-refractivity contribution in [3.63, 3.8) is 0 Å². The van der Waals surface area contributed by atoms with Gasteiger partial charge in [-0.1, -0.05) is 37.6 Å². The maximum absolute atomic E-state index is 13.6. The van der Waals surface area contributed by atoms with Gasteiger partial charge in [-0.2, -0.15) is 0 Å². The van der Waals surface area contributed by atoms with Gasteiger partial charge >= 0.3 is 0 Å². The second-order valence-electron chi connectivity index (χ2n) is 11.6. The number of allylic oxidation sites excluding steroid dienone is 2. The zero-order valence-corrected chi connectivity index (χ0v) is 20.9. The molecule has 182 valence electrons. The first-order valence-electron chi connectivity index (χ1n) is 12.8. The van der Waals surface area contributed by atoms with Crippen LogP contribution in [0.4, 0.5) is 0 Å². The molecule has 1 spiro atoms. The van der Waals surface area contributed by atoms with E-state index < -0.39 is 0 Å². The van der Waals surface area contributed by atoms with Crippen LogP contribution in [0, 0.1) is 30.1 Å². The van der Waals surface area contributed by atoms with Crippen LogP contribution in [0.25, 0.3) is 6.08 Å². The summed E-state index contributed by atoms with van der Waals surface area (Å²) in [6, 6.07) is 0. The van der Waals surface area contributed by atoms with Crippen LogP contribution in [0.5, 0.6) is 0 Å². The highest BCUT2D eigenvalue weighted by atomic mass is 16.1. The number of hydrogen-bond acceptors (Lipinski definition) is 5. The minimum absolute atomic E-state index is 0.0257. The molecule has 1 heterocycles. The molecule has 5 nitrogen and oxygen atoms in total. The number of Topliss-reactive ketones (excluding diaryl/α,β-unsaturated/α-hetero) is 2. The molecule has 3 saturated carbocycles. The van der Waals surface area contributed by atoms with Crippen LogP contribution in [-0.4, -0.2) is 27.8 Å². The minimum atomic E-state index is -0.210. The molecule has 4 unspecified atom stereocenters. The van der Waals surface area contributed by atoms with Gasteiger partial charge in [0, 0.05) is 47.8 Å². The lowest BCUT2D eigenvalue weighted by Crippen LogP contribution is -2.33. The molecule has 4 atom stereocenters. The number of aromatic nitrogens is 2. The van der Waals surface area contributed by atoms with Crippen LogP contribution < -0.4 is 0 Å². The molecule has 0 aliphatic heterocycles. The summed E-state index contributed by atoms with van der Waals surface area (Å²) in [6.07, 6.45) is 14.6. The summed E-state index contributed by atoms with van der Waals surface area (Å²) < 4.78 is 0. The number of carbonyl (C=O) groups excluding carboxylic acids is 3. The van der Waals surface area contributed by atoms with Crippen molar-refractivity contribution >= 4 is 23.9 Å². The van der Waals surface area contributed by atoms with Crippen molar-refractivity contribution in [2.24, 2.45) is 23.2 Å². The maximum Gasteiger partial charge on any atom is 0.136 e. The maximum atomic E-state index is 13.6. The Morgan fingerprint density at radius 2 is 2.00 bits per heavy atom. The lowest BCUT2D eigenvalue weighted by molar-refractivity contribution is -0.130. The summed E-state index contributed by atoms with van der Waals surface area (Å²) in [4.78, 5) is 46.2. The average molecular weight is 463 g/mol. The molecule has 3 fully saturated rings. The predicted octanol–water partition coefficient (Wildman–Crippen LogP) is 5.75. The normalized spacial score (nSPS) is 30.8. The van der Waals surface area contributed by atoms with E-state index in [9.17, 15) is 14.4 Å². The molecule has 1 aromatic heterocycles. The van der Waals surface area contributed by atoms with Gasteiger partial charge in [-0.15, -0.1) is 0 Å². The van der Waals surface area contributed by atoms with E-state index in [1.54, 1.807) is 6.33 Å². The summed E-state index contributed by atoms with van der Waals surface area (Å²) in [6.45, 7) is 10.3. The van der Waals surface area contributed by atoms with E-state index in [-0.39, 0.29) is 34.4 Å². The van der Waals surface area contributed by atoms with E-state index in [4.69, 9.17) is 4.98 Å². The molecular formula is C29H38N2O3. The number of aryl methyl sites for hydroxylation is 1.